The first-order valence-corrected chi connectivity index (χ1v) is 8.99. The fourth-order valence-corrected chi connectivity index (χ4v) is 3.89. The average molecular weight is 423 g/mol. The summed E-state index contributed by atoms with van der Waals surface area (Å²) in [6.07, 6.45) is 1.66. The third-order valence-electron chi connectivity index (χ3n) is 2.92. The van der Waals surface area contributed by atoms with Gasteiger partial charge in [0, 0.05) is 28.0 Å². The van der Waals surface area contributed by atoms with Crippen molar-refractivity contribution >= 4 is 56.9 Å². The van der Waals surface area contributed by atoms with Gasteiger partial charge < -0.3 is 4.90 Å². The lowest BCUT2D eigenvalue weighted by Gasteiger charge is -2.17. The number of halogens is 3. The van der Waals surface area contributed by atoms with Gasteiger partial charge in [-0.15, -0.1) is 0 Å². The number of hydrogen-bond acceptors (Lipinski definition) is 3. The molecule has 0 N–H and O–H groups in total. The molecule has 0 aliphatic carbocycles. The maximum absolute atomic E-state index is 12.3. The Bertz CT molecular complexity index is 668. The fourth-order valence-electron chi connectivity index (χ4n) is 1.84. The number of carbonyl (C=O) groups excluding carboxylic acids is 1. The van der Waals surface area contributed by atoms with Gasteiger partial charge in [0.15, 0.2) is 0 Å². The predicted octanol–water partition coefficient (Wildman–Crippen LogP) is 5.41. The number of rotatable bonds is 4. The first-order valence-electron chi connectivity index (χ1n) is 6.63. The molecule has 0 bridgehead atoms. The van der Waals surface area contributed by atoms with Crippen LogP contribution in [-0.2, 0) is 0 Å². The van der Waals surface area contributed by atoms with Crippen LogP contribution in [0, 0.1) is 0 Å². The zero-order valence-corrected chi connectivity index (χ0v) is 15.9. The maximum atomic E-state index is 12.3. The van der Waals surface area contributed by atoms with Gasteiger partial charge in [0.1, 0.15) is 5.03 Å². The van der Waals surface area contributed by atoms with Crippen LogP contribution in [0.3, 0.4) is 0 Å². The minimum atomic E-state index is -0.151. The Balaban J connectivity index is 2.24. The van der Waals surface area contributed by atoms with Crippen molar-refractivity contribution in [2.75, 3.05) is 13.1 Å². The normalized spacial score (nSPS) is 10.8. The van der Waals surface area contributed by atoms with Gasteiger partial charge in [-0.25, -0.2) is 4.79 Å². The zero-order valence-electron chi connectivity index (χ0n) is 12.0. The summed E-state index contributed by atoms with van der Waals surface area (Å²) in [5, 5.41) is 6.14. The maximum Gasteiger partial charge on any atom is 0.344 e. The first-order chi connectivity index (χ1) is 10.4. The highest BCUT2D eigenvalue weighted by Gasteiger charge is 2.17. The van der Waals surface area contributed by atoms with Crippen molar-refractivity contribution in [1.82, 2.24) is 14.7 Å². The Morgan fingerprint density at radius 2 is 1.86 bits per heavy atom. The van der Waals surface area contributed by atoms with E-state index in [0.29, 0.717) is 28.2 Å². The van der Waals surface area contributed by atoms with Crippen molar-refractivity contribution in [3.05, 3.63) is 38.9 Å². The van der Waals surface area contributed by atoms with Crippen LogP contribution in [0.5, 0.6) is 0 Å². The van der Waals surface area contributed by atoms with Crippen molar-refractivity contribution in [2.45, 2.75) is 23.8 Å². The van der Waals surface area contributed by atoms with Crippen molar-refractivity contribution in [3.8, 4) is 0 Å². The number of carbonyl (C=O) groups is 1. The number of nitrogens with zero attached hydrogens (tertiary/aromatic N) is 3. The van der Waals surface area contributed by atoms with Crippen LogP contribution in [0.2, 0.25) is 10.0 Å². The van der Waals surface area contributed by atoms with E-state index in [4.69, 9.17) is 23.2 Å². The predicted molar refractivity (Wildman–Crippen MR) is 94.2 cm³/mol. The van der Waals surface area contributed by atoms with E-state index in [9.17, 15) is 4.79 Å². The quantitative estimate of drug-likeness (QED) is 0.660. The van der Waals surface area contributed by atoms with Crippen LogP contribution in [0.1, 0.15) is 13.8 Å². The monoisotopic (exact) mass is 421 g/mol. The second kappa shape index (κ2) is 7.73. The highest BCUT2D eigenvalue weighted by atomic mass is 79.9. The summed E-state index contributed by atoms with van der Waals surface area (Å²) in [6.45, 7) is 5.14. The van der Waals surface area contributed by atoms with Crippen LogP contribution in [0.25, 0.3) is 0 Å². The molecule has 0 saturated heterocycles. The summed E-state index contributed by atoms with van der Waals surface area (Å²) in [4.78, 5) is 14.8. The second-order valence-electron chi connectivity index (χ2n) is 4.39. The molecule has 1 aromatic carbocycles. The number of amides is 1. The van der Waals surface area contributed by atoms with Crippen LogP contribution < -0.4 is 0 Å². The SMILES string of the molecule is CCN(CC)C(=O)n1cc(Br)c(Sc2cc(Cl)cc(Cl)c2)n1. The van der Waals surface area contributed by atoms with Gasteiger partial charge in [-0.1, -0.05) is 35.0 Å². The van der Waals surface area contributed by atoms with Gasteiger partial charge in [-0.05, 0) is 48.0 Å². The highest BCUT2D eigenvalue weighted by molar-refractivity contribution is 9.10. The van der Waals surface area contributed by atoms with Gasteiger partial charge in [-0.2, -0.15) is 9.78 Å². The third-order valence-corrected chi connectivity index (χ3v) is 5.16. The largest absolute Gasteiger partial charge is 0.344 e. The van der Waals surface area contributed by atoms with E-state index in [-0.39, 0.29) is 6.03 Å². The first kappa shape index (κ1) is 17.7. The van der Waals surface area contributed by atoms with E-state index in [2.05, 4.69) is 21.0 Å². The summed E-state index contributed by atoms with van der Waals surface area (Å²) >= 11 is 16.8. The lowest BCUT2D eigenvalue weighted by atomic mass is 10.4. The fraction of sp³-hybridized carbons (Fsp3) is 0.286. The third kappa shape index (κ3) is 4.19. The molecule has 1 amide bonds. The van der Waals surface area contributed by atoms with Crippen molar-refractivity contribution in [1.29, 1.82) is 0 Å². The van der Waals surface area contributed by atoms with Crippen molar-refractivity contribution in [3.63, 3.8) is 0 Å². The molecule has 0 radical (unpaired) electrons. The van der Waals surface area contributed by atoms with Crippen molar-refractivity contribution in [2.24, 2.45) is 0 Å². The van der Waals surface area contributed by atoms with E-state index >= 15 is 0 Å². The molecule has 22 heavy (non-hydrogen) atoms. The van der Waals surface area contributed by atoms with Gasteiger partial charge in [0.25, 0.3) is 0 Å². The molecule has 0 saturated carbocycles. The Morgan fingerprint density at radius 1 is 1.27 bits per heavy atom. The lowest BCUT2D eigenvalue weighted by Crippen LogP contribution is -2.34. The van der Waals surface area contributed by atoms with E-state index < -0.39 is 0 Å². The Morgan fingerprint density at radius 3 is 2.41 bits per heavy atom. The minimum Gasteiger partial charge on any atom is -0.323 e. The summed E-state index contributed by atoms with van der Waals surface area (Å²) in [5.41, 5.74) is 0. The molecule has 0 spiro atoms. The zero-order chi connectivity index (χ0) is 16.3. The molecular formula is C14H14BrCl2N3OS. The summed E-state index contributed by atoms with van der Waals surface area (Å²) < 4.78 is 2.08. The molecule has 2 rings (SSSR count). The number of hydrogen-bond donors (Lipinski definition) is 0. The van der Waals surface area contributed by atoms with E-state index in [1.54, 1.807) is 29.3 Å². The topological polar surface area (TPSA) is 38.1 Å². The summed E-state index contributed by atoms with van der Waals surface area (Å²) in [7, 11) is 0. The Hall–Kier alpha value is -0.690. The molecule has 4 nitrogen and oxygen atoms in total. The summed E-state index contributed by atoms with van der Waals surface area (Å²) in [5.74, 6) is 0. The molecule has 118 valence electrons. The second-order valence-corrected chi connectivity index (χ2v) is 7.18. The molecule has 1 aromatic heterocycles. The molecule has 0 fully saturated rings. The van der Waals surface area contributed by atoms with Gasteiger partial charge in [0.05, 0.1) is 10.7 Å². The van der Waals surface area contributed by atoms with E-state index in [1.165, 1.54) is 16.4 Å². The van der Waals surface area contributed by atoms with E-state index in [0.717, 1.165) is 9.37 Å². The van der Waals surface area contributed by atoms with Crippen LogP contribution in [0.15, 0.2) is 38.8 Å². The van der Waals surface area contributed by atoms with Gasteiger partial charge >= 0.3 is 6.03 Å². The Kier molecular flexibility index (Phi) is 6.20. The van der Waals surface area contributed by atoms with E-state index in [1.807, 2.05) is 13.8 Å². The Labute approximate surface area is 151 Å². The van der Waals surface area contributed by atoms with Crippen LogP contribution in [-0.4, -0.2) is 33.8 Å². The lowest BCUT2D eigenvalue weighted by molar-refractivity contribution is 0.201. The van der Waals surface area contributed by atoms with Crippen LogP contribution in [0.4, 0.5) is 4.79 Å². The molecule has 8 heteroatoms. The summed E-state index contributed by atoms with van der Waals surface area (Å²) in [6, 6.07) is 5.12. The molecule has 0 aliphatic heterocycles. The number of aromatic nitrogens is 2. The smallest absolute Gasteiger partial charge is 0.323 e. The molecule has 0 unspecified atom stereocenters. The van der Waals surface area contributed by atoms with Crippen LogP contribution >= 0.6 is 50.9 Å². The number of benzene rings is 1. The van der Waals surface area contributed by atoms with Gasteiger partial charge in [0.2, 0.25) is 0 Å². The standard InChI is InChI=1S/C14H14BrCl2N3OS/c1-3-19(4-2)14(21)20-8-12(15)13(18-20)22-11-6-9(16)5-10(17)7-11/h5-8H,3-4H2,1-2H3. The highest BCUT2D eigenvalue weighted by Crippen LogP contribution is 2.35. The molecular weight excluding hydrogens is 409 g/mol. The average Bonchev–Trinajstić information content (AvgIpc) is 2.80. The van der Waals surface area contributed by atoms with Crippen molar-refractivity contribution < 1.29 is 4.79 Å². The molecule has 1 heterocycles. The minimum absolute atomic E-state index is 0.151. The van der Waals surface area contributed by atoms with Gasteiger partial charge in [-0.3, -0.25) is 0 Å². The molecule has 0 atom stereocenters. The molecule has 0 aliphatic rings. The molecule has 2 aromatic rings.